The van der Waals surface area contributed by atoms with Crippen LogP contribution >= 0.6 is 0 Å². The maximum Gasteiger partial charge on any atom is 0.407 e. The quantitative estimate of drug-likeness (QED) is 0.576. The van der Waals surface area contributed by atoms with Gasteiger partial charge in [0.25, 0.3) is 0 Å². The third kappa shape index (κ3) is 6.81. The molecule has 0 aliphatic heterocycles. The number of hydrogen-bond acceptors (Lipinski definition) is 5. The predicted molar refractivity (Wildman–Crippen MR) is 128 cm³/mol. The Balaban J connectivity index is 1.65. The number of amides is 1. The van der Waals surface area contributed by atoms with E-state index in [0.29, 0.717) is 0 Å². The molecule has 2 aromatic carbocycles. The first-order valence-electron chi connectivity index (χ1n) is 11.4. The van der Waals surface area contributed by atoms with Gasteiger partial charge in [0.05, 0.1) is 18.8 Å². The molecule has 1 N–H and O–H groups in total. The van der Waals surface area contributed by atoms with E-state index in [9.17, 15) is 9.59 Å². The molecule has 1 atom stereocenters. The second kappa shape index (κ2) is 9.96. The Kier molecular flexibility index (Phi) is 7.48. The van der Waals surface area contributed by atoms with E-state index in [1.165, 1.54) is 0 Å². The number of nitrogens with one attached hydrogen (secondary N) is 1. The third-order valence-corrected chi connectivity index (χ3v) is 5.25. The monoisotopic (exact) mass is 453 g/mol. The number of ether oxygens (including phenoxy) is 3. The van der Waals surface area contributed by atoms with Crippen molar-refractivity contribution < 1.29 is 23.8 Å². The molecule has 0 saturated heterocycles. The fourth-order valence-corrected chi connectivity index (χ4v) is 3.67. The van der Waals surface area contributed by atoms with Crippen LogP contribution < -0.4 is 5.32 Å². The Labute approximate surface area is 196 Å². The number of benzene rings is 2. The lowest BCUT2D eigenvalue weighted by Gasteiger charge is -2.25. The minimum atomic E-state index is -0.956. The first kappa shape index (κ1) is 24.8. The lowest BCUT2D eigenvalue weighted by molar-refractivity contribution is -0.152. The van der Waals surface area contributed by atoms with E-state index in [2.05, 4.69) is 29.6 Å². The normalized spacial score (nSPS) is 14.2. The molecule has 3 rings (SSSR count). The van der Waals surface area contributed by atoms with Crippen LogP contribution in [0.5, 0.6) is 0 Å². The molecule has 178 valence electrons. The van der Waals surface area contributed by atoms with Crippen molar-refractivity contribution in [1.82, 2.24) is 5.32 Å². The van der Waals surface area contributed by atoms with Crippen LogP contribution in [0.2, 0.25) is 0 Å². The maximum atomic E-state index is 12.7. The number of esters is 1. The average molecular weight is 454 g/mol. The number of carbonyl (C=O) groups is 2. The van der Waals surface area contributed by atoms with Crippen LogP contribution in [0, 0.1) is 5.41 Å². The topological polar surface area (TPSA) is 73.9 Å². The fourth-order valence-electron chi connectivity index (χ4n) is 3.67. The van der Waals surface area contributed by atoms with E-state index in [-0.39, 0.29) is 31.2 Å². The standard InChI is InChI=1S/C27H35NO5/c1-26(2,3)17-32-24(29)23(16-33-27(4,5)6)28-25(30)31-15-22-20-13-9-7-11-18(20)19-12-8-10-14-21(19)22/h7-14,22-23H,15-17H2,1-6H3,(H,28,30)/t23-/m0/s1. The Bertz CT molecular complexity index is 941. The first-order valence-corrected chi connectivity index (χ1v) is 11.4. The molecule has 0 bridgehead atoms. The molecule has 0 unspecified atom stereocenters. The summed E-state index contributed by atoms with van der Waals surface area (Å²) in [5, 5.41) is 2.64. The van der Waals surface area contributed by atoms with Gasteiger partial charge >= 0.3 is 12.1 Å². The van der Waals surface area contributed by atoms with E-state index < -0.39 is 23.7 Å². The predicted octanol–water partition coefficient (Wildman–Crippen LogP) is 5.30. The Morgan fingerprint density at radius 3 is 1.94 bits per heavy atom. The summed E-state index contributed by atoms with van der Waals surface area (Å²) in [6.45, 7) is 12.0. The summed E-state index contributed by atoms with van der Waals surface area (Å²) < 4.78 is 16.7. The van der Waals surface area contributed by atoms with Crippen molar-refractivity contribution >= 4 is 12.1 Å². The van der Waals surface area contributed by atoms with Crippen LogP contribution in [0.3, 0.4) is 0 Å². The molecule has 6 nitrogen and oxygen atoms in total. The van der Waals surface area contributed by atoms with Crippen molar-refractivity contribution in [2.75, 3.05) is 19.8 Å². The summed E-state index contributed by atoms with van der Waals surface area (Å²) in [5.41, 5.74) is 3.92. The van der Waals surface area contributed by atoms with Crippen LogP contribution in [-0.4, -0.2) is 43.5 Å². The number of fused-ring (bicyclic) bond motifs is 3. The van der Waals surface area contributed by atoms with Gasteiger partial charge in [0, 0.05) is 5.92 Å². The summed E-state index contributed by atoms with van der Waals surface area (Å²) in [7, 11) is 0. The van der Waals surface area contributed by atoms with Crippen LogP contribution in [-0.2, 0) is 19.0 Å². The molecule has 33 heavy (non-hydrogen) atoms. The molecule has 0 fully saturated rings. The molecule has 0 radical (unpaired) electrons. The highest BCUT2D eigenvalue weighted by Gasteiger charge is 2.31. The van der Waals surface area contributed by atoms with E-state index in [4.69, 9.17) is 14.2 Å². The minimum Gasteiger partial charge on any atom is -0.464 e. The highest BCUT2D eigenvalue weighted by Crippen LogP contribution is 2.44. The zero-order valence-corrected chi connectivity index (χ0v) is 20.4. The second-order valence-corrected chi connectivity index (χ2v) is 10.6. The number of hydrogen-bond donors (Lipinski definition) is 1. The second-order valence-electron chi connectivity index (χ2n) is 10.6. The molecule has 0 aromatic heterocycles. The molecule has 0 heterocycles. The van der Waals surface area contributed by atoms with Crippen LogP contribution in [0.25, 0.3) is 11.1 Å². The molecule has 1 aliphatic carbocycles. The first-order chi connectivity index (χ1) is 15.4. The molecule has 6 heteroatoms. The van der Waals surface area contributed by atoms with E-state index >= 15 is 0 Å². The average Bonchev–Trinajstić information content (AvgIpc) is 3.06. The fraction of sp³-hybridized carbons (Fsp3) is 0.481. The highest BCUT2D eigenvalue weighted by atomic mass is 16.6. The van der Waals surface area contributed by atoms with E-state index in [1.807, 2.05) is 65.8 Å². The summed E-state index contributed by atoms with van der Waals surface area (Å²) in [6.07, 6.45) is -0.674. The van der Waals surface area contributed by atoms with Gasteiger partial charge in [-0.3, -0.25) is 0 Å². The van der Waals surface area contributed by atoms with Crippen molar-refractivity contribution in [2.45, 2.75) is 59.1 Å². The number of alkyl carbamates (subject to hydrolysis) is 1. The molecule has 1 aliphatic rings. The van der Waals surface area contributed by atoms with Crippen LogP contribution in [0.4, 0.5) is 4.79 Å². The molecular formula is C27H35NO5. The summed E-state index contributed by atoms with van der Waals surface area (Å²) in [4.78, 5) is 25.3. The smallest absolute Gasteiger partial charge is 0.407 e. The zero-order chi connectivity index (χ0) is 24.2. The molecule has 1 amide bonds. The van der Waals surface area contributed by atoms with Gasteiger partial charge in [-0.25, -0.2) is 9.59 Å². The Morgan fingerprint density at radius 2 is 1.42 bits per heavy atom. The van der Waals surface area contributed by atoms with E-state index in [1.54, 1.807) is 0 Å². The molecule has 2 aromatic rings. The van der Waals surface area contributed by atoms with Crippen molar-refractivity contribution in [3.63, 3.8) is 0 Å². The van der Waals surface area contributed by atoms with Gasteiger partial charge in [0.15, 0.2) is 6.04 Å². The molecule has 0 saturated carbocycles. The van der Waals surface area contributed by atoms with Crippen LogP contribution in [0.1, 0.15) is 58.6 Å². The summed E-state index contributed by atoms with van der Waals surface area (Å²) >= 11 is 0. The van der Waals surface area contributed by atoms with Crippen molar-refractivity contribution in [2.24, 2.45) is 5.41 Å². The Hall–Kier alpha value is -2.86. The van der Waals surface area contributed by atoms with Gasteiger partial charge < -0.3 is 19.5 Å². The number of carbonyl (C=O) groups excluding carboxylic acids is 2. The van der Waals surface area contributed by atoms with Gasteiger partial charge in [0.2, 0.25) is 0 Å². The molecular weight excluding hydrogens is 418 g/mol. The SMILES string of the molecule is CC(C)(C)COC(=O)[C@H](COC(C)(C)C)NC(=O)OCC1c2ccccc2-c2ccccc21. The minimum absolute atomic E-state index is 0.00330. The summed E-state index contributed by atoms with van der Waals surface area (Å²) in [5.74, 6) is -0.594. The van der Waals surface area contributed by atoms with Gasteiger partial charge in [-0.15, -0.1) is 0 Å². The molecule has 0 spiro atoms. The van der Waals surface area contributed by atoms with Gasteiger partial charge in [0.1, 0.15) is 6.61 Å². The largest absolute Gasteiger partial charge is 0.464 e. The van der Waals surface area contributed by atoms with Gasteiger partial charge in [-0.1, -0.05) is 69.3 Å². The lowest BCUT2D eigenvalue weighted by Crippen LogP contribution is -2.47. The highest BCUT2D eigenvalue weighted by molar-refractivity contribution is 5.82. The van der Waals surface area contributed by atoms with Gasteiger partial charge in [-0.2, -0.15) is 0 Å². The Morgan fingerprint density at radius 1 is 0.879 bits per heavy atom. The van der Waals surface area contributed by atoms with Crippen molar-refractivity contribution in [3.8, 4) is 11.1 Å². The van der Waals surface area contributed by atoms with Gasteiger partial charge in [-0.05, 0) is 48.4 Å². The van der Waals surface area contributed by atoms with Crippen molar-refractivity contribution in [3.05, 3.63) is 59.7 Å². The number of rotatable bonds is 7. The third-order valence-electron chi connectivity index (χ3n) is 5.25. The maximum absolute atomic E-state index is 12.7. The van der Waals surface area contributed by atoms with Crippen molar-refractivity contribution in [1.29, 1.82) is 0 Å². The van der Waals surface area contributed by atoms with Crippen LogP contribution in [0.15, 0.2) is 48.5 Å². The lowest BCUT2D eigenvalue weighted by atomic mass is 9.98. The summed E-state index contributed by atoms with van der Waals surface area (Å²) in [6, 6.07) is 15.3. The zero-order valence-electron chi connectivity index (χ0n) is 20.4. The van der Waals surface area contributed by atoms with E-state index in [0.717, 1.165) is 22.3 Å².